The molecule has 0 aromatic heterocycles. The average Bonchev–Trinajstić information content (AvgIpc) is 3.08. The Morgan fingerprint density at radius 3 is 2.61 bits per heavy atom. The van der Waals surface area contributed by atoms with E-state index in [2.05, 4.69) is 20.8 Å². The van der Waals surface area contributed by atoms with Crippen LogP contribution in [0.1, 0.15) is 30.0 Å². The molecule has 1 heterocycles. The zero-order valence-electron chi connectivity index (χ0n) is 17.2. The van der Waals surface area contributed by atoms with Crippen LogP contribution in [0, 0.1) is 24.0 Å². The van der Waals surface area contributed by atoms with Crippen molar-refractivity contribution in [3.63, 3.8) is 0 Å². The van der Waals surface area contributed by atoms with E-state index in [0.29, 0.717) is 16.4 Å². The number of benzene rings is 2. The topological polar surface area (TPSA) is 126 Å². The molecule has 2 aromatic rings. The number of thioether (sulfide) groups is 1. The van der Waals surface area contributed by atoms with Crippen LogP contribution >= 0.6 is 11.8 Å². The fourth-order valence-corrected chi connectivity index (χ4v) is 3.76. The maximum absolute atomic E-state index is 12.4. The SMILES string of the molecule is C/C(=N/N=C1/NC(=O)[C@@H](CC(=O)Nc2cccc(C)c2C)S1)c1ccc([N+](=O)[O-])cc1. The molecule has 160 valence electrons. The summed E-state index contributed by atoms with van der Waals surface area (Å²) in [4.78, 5) is 34.9. The number of aryl methyl sites for hydroxylation is 1. The van der Waals surface area contributed by atoms with Gasteiger partial charge in [0.25, 0.3) is 5.69 Å². The smallest absolute Gasteiger partial charge is 0.269 e. The Bertz CT molecular complexity index is 1100. The number of hydrogen-bond donors (Lipinski definition) is 2. The molecular weight excluding hydrogens is 418 g/mol. The number of carbonyl (C=O) groups is 2. The van der Waals surface area contributed by atoms with Gasteiger partial charge in [-0.3, -0.25) is 19.7 Å². The normalized spacial score (nSPS) is 17.5. The van der Waals surface area contributed by atoms with E-state index in [1.165, 1.54) is 12.1 Å². The third-order valence-corrected chi connectivity index (χ3v) is 5.88. The molecule has 0 bridgehead atoms. The third-order valence-electron chi connectivity index (χ3n) is 4.81. The van der Waals surface area contributed by atoms with Crippen molar-refractivity contribution in [3.05, 3.63) is 69.3 Å². The Morgan fingerprint density at radius 2 is 1.94 bits per heavy atom. The van der Waals surface area contributed by atoms with Crippen LogP contribution in [-0.4, -0.2) is 32.9 Å². The van der Waals surface area contributed by atoms with Crippen molar-refractivity contribution in [2.75, 3.05) is 5.32 Å². The lowest BCUT2D eigenvalue weighted by Crippen LogP contribution is -2.28. The van der Waals surface area contributed by atoms with Gasteiger partial charge in [0.1, 0.15) is 5.25 Å². The van der Waals surface area contributed by atoms with E-state index in [1.54, 1.807) is 19.1 Å². The second-order valence-electron chi connectivity index (χ2n) is 6.99. The zero-order valence-corrected chi connectivity index (χ0v) is 18.0. The summed E-state index contributed by atoms with van der Waals surface area (Å²) in [5, 5.41) is 24.0. The largest absolute Gasteiger partial charge is 0.326 e. The molecule has 31 heavy (non-hydrogen) atoms. The molecule has 10 heteroatoms. The van der Waals surface area contributed by atoms with Crippen LogP contribution in [0.25, 0.3) is 0 Å². The first-order valence-electron chi connectivity index (χ1n) is 9.45. The van der Waals surface area contributed by atoms with Crippen molar-refractivity contribution in [1.82, 2.24) is 5.32 Å². The molecule has 2 N–H and O–H groups in total. The lowest BCUT2D eigenvalue weighted by Gasteiger charge is -2.11. The van der Waals surface area contributed by atoms with Crippen LogP contribution in [0.5, 0.6) is 0 Å². The molecule has 0 unspecified atom stereocenters. The molecule has 0 saturated carbocycles. The highest BCUT2D eigenvalue weighted by atomic mass is 32.2. The van der Waals surface area contributed by atoms with Crippen molar-refractivity contribution in [2.24, 2.45) is 10.2 Å². The minimum absolute atomic E-state index is 0.00789. The predicted octanol–water partition coefficient (Wildman–Crippen LogP) is 3.55. The summed E-state index contributed by atoms with van der Waals surface area (Å²) in [6.45, 7) is 5.60. The summed E-state index contributed by atoms with van der Waals surface area (Å²) in [5.41, 5.74) is 3.98. The van der Waals surface area contributed by atoms with Gasteiger partial charge >= 0.3 is 0 Å². The van der Waals surface area contributed by atoms with E-state index >= 15 is 0 Å². The van der Waals surface area contributed by atoms with Gasteiger partial charge in [-0.15, -0.1) is 5.10 Å². The summed E-state index contributed by atoms with van der Waals surface area (Å²) in [6, 6.07) is 11.6. The van der Waals surface area contributed by atoms with E-state index in [1.807, 2.05) is 32.0 Å². The minimum Gasteiger partial charge on any atom is -0.326 e. The molecule has 2 amide bonds. The van der Waals surface area contributed by atoms with Gasteiger partial charge < -0.3 is 10.6 Å². The molecule has 0 radical (unpaired) electrons. The number of anilines is 1. The van der Waals surface area contributed by atoms with Gasteiger partial charge in [0.2, 0.25) is 11.8 Å². The summed E-state index contributed by atoms with van der Waals surface area (Å²) < 4.78 is 0. The van der Waals surface area contributed by atoms with Crippen LogP contribution in [0.2, 0.25) is 0 Å². The Labute approximate surface area is 183 Å². The van der Waals surface area contributed by atoms with Crippen molar-refractivity contribution in [3.8, 4) is 0 Å². The third kappa shape index (κ3) is 5.54. The minimum atomic E-state index is -0.598. The second-order valence-corrected chi connectivity index (χ2v) is 8.18. The number of amides is 2. The molecule has 9 nitrogen and oxygen atoms in total. The Morgan fingerprint density at radius 1 is 1.23 bits per heavy atom. The lowest BCUT2D eigenvalue weighted by atomic mass is 10.1. The number of nitro benzene ring substituents is 1. The highest BCUT2D eigenvalue weighted by Crippen LogP contribution is 2.24. The van der Waals surface area contributed by atoms with Crippen molar-refractivity contribution >= 4 is 45.8 Å². The van der Waals surface area contributed by atoms with Crippen LogP contribution in [0.15, 0.2) is 52.7 Å². The van der Waals surface area contributed by atoms with Gasteiger partial charge in [0.05, 0.1) is 10.6 Å². The molecule has 1 aliphatic heterocycles. The fourth-order valence-electron chi connectivity index (χ4n) is 2.85. The molecule has 2 aromatic carbocycles. The molecule has 1 aliphatic rings. The highest BCUT2D eigenvalue weighted by Gasteiger charge is 2.32. The molecule has 0 aliphatic carbocycles. The monoisotopic (exact) mass is 439 g/mol. The molecular formula is C21H21N5O4S. The number of rotatable bonds is 6. The van der Waals surface area contributed by atoms with Crippen LogP contribution in [-0.2, 0) is 9.59 Å². The lowest BCUT2D eigenvalue weighted by molar-refractivity contribution is -0.384. The average molecular weight is 439 g/mol. The van der Waals surface area contributed by atoms with Gasteiger partial charge in [0, 0.05) is 24.2 Å². The maximum Gasteiger partial charge on any atom is 0.269 e. The first-order valence-corrected chi connectivity index (χ1v) is 10.3. The Kier molecular flexibility index (Phi) is 6.81. The van der Waals surface area contributed by atoms with Gasteiger partial charge in [-0.25, -0.2) is 0 Å². The van der Waals surface area contributed by atoms with E-state index in [9.17, 15) is 19.7 Å². The first-order chi connectivity index (χ1) is 14.7. The number of nitrogens with zero attached hydrogens (tertiary/aromatic N) is 3. The molecule has 0 spiro atoms. The number of non-ortho nitro benzene ring substituents is 1. The number of nitrogens with one attached hydrogen (secondary N) is 2. The molecule has 1 fully saturated rings. The molecule has 1 saturated heterocycles. The Balaban J connectivity index is 1.61. The van der Waals surface area contributed by atoms with Crippen LogP contribution < -0.4 is 10.6 Å². The van der Waals surface area contributed by atoms with Gasteiger partial charge in [-0.1, -0.05) is 23.9 Å². The van der Waals surface area contributed by atoms with E-state index in [-0.39, 0.29) is 23.9 Å². The van der Waals surface area contributed by atoms with E-state index in [4.69, 9.17) is 0 Å². The van der Waals surface area contributed by atoms with Crippen LogP contribution in [0.3, 0.4) is 0 Å². The summed E-state index contributed by atoms with van der Waals surface area (Å²) >= 11 is 1.14. The second kappa shape index (κ2) is 9.52. The first kappa shape index (κ1) is 22.2. The number of amidine groups is 1. The van der Waals surface area contributed by atoms with Gasteiger partial charge in [-0.05, 0) is 55.7 Å². The Hall–Kier alpha value is -3.53. The number of hydrogen-bond acceptors (Lipinski definition) is 7. The quantitative estimate of drug-likeness (QED) is 0.404. The van der Waals surface area contributed by atoms with E-state index < -0.39 is 10.2 Å². The van der Waals surface area contributed by atoms with Crippen molar-refractivity contribution < 1.29 is 14.5 Å². The number of nitro groups is 1. The predicted molar refractivity (Wildman–Crippen MR) is 121 cm³/mol. The zero-order chi connectivity index (χ0) is 22.5. The summed E-state index contributed by atoms with van der Waals surface area (Å²) in [7, 11) is 0. The summed E-state index contributed by atoms with van der Waals surface area (Å²) in [5.74, 6) is -0.559. The molecule has 1 atom stereocenters. The fraction of sp³-hybridized carbons (Fsp3) is 0.238. The number of carbonyl (C=O) groups excluding carboxylic acids is 2. The van der Waals surface area contributed by atoms with Gasteiger partial charge in [0.15, 0.2) is 5.17 Å². The van der Waals surface area contributed by atoms with Crippen molar-refractivity contribution in [1.29, 1.82) is 0 Å². The van der Waals surface area contributed by atoms with Gasteiger partial charge in [-0.2, -0.15) is 5.10 Å². The van der Waals surface area contributed by atoms with Crippen LogP contribution in [0.4, 0.5) is 11.4 Å². The van der Waals surface area contributed by atoms with Crippen molar-refractivity contribution in [2.45, 2.75) is 32.4 Å². The molecule has 3 rings (SSSR count). The highest BCUT2D eigenvalue weighted by molar-refractivity contribution is 8.15. The maximum atomic E-state index is 12.4. The van der Waals surface area contributed by atoms with E-state index in [0.717, 1.165) is 28.6 Å². The standard InChI is InChI=1S/C21H21N5O4S/c1-12-5-4-6-17(13(12)2)22-19(27)11-18-20(28)23-21(31-18)25-24-14(3)15-7-9-16(10-8-15)26(29)30/h4-10,18H,11H2,1-3H3,(H,22,27)(H,23,25,28)/b24-14-/t18-/m1/s1. The summed E-state index contributed by atoms with van der Waals surface area (Å²) in [6.07, 6.45) is 0.00789.